The van der Waals surface area contributed by atoms with Gasteiger partial charge in [-0.05, 0) is 111 Å². The van der Waals surface area contributed by atoms with E-state index in [4.69, 9.17) is 0 Å². The molecule has 4 heteroatoms. The molecule has 0 heterocycles. The van der Waals surface area contributed by atoms with Gasteiger partial charge in [-0.25, -0.2) is 0 Å². The van der Waals surface area contributed by atoms with Crippen LogP contribution in [0.3, 0.4) is 0 Å². The number of hydrogen-bond acceptors (Lipinski definition) is 3. The first-order valence-corrected chi connectivity index (χ1v) is 11.8. The largest absolute Gasteiger partial charge is 0.508 e. The van der Waals surface area contributed by atoms with Gasteiger partial charge in [0, 0.05) is 6.42 Å². The van der Waals surface area contributed by atoms with E-state index < -0.39 is 5.97 Å². The van der Waals surface area contributed by atoms with Crippen molar-refractivity contribution in [1.82, 2.24) is 0 Å². The van der Waals surface area contributed by atoms with Crippen molar-refractivity contribution < 1.29 is 20.1 Å². The van der Waals surface area contributed by atoms with Gasteiger partial charge in [0.1, 0.15) is 11.5 Å². The molecule has 3 N–H and O–H groups in total. The summed E-state index contributed by atoms with van der Waals surface area (Å²) in [5.74, 6) is 0.995. The van der Waals surface area contributed by atoms with Gasteiger partial charge in [0.25, 0.3) is 0 Å². The molecule has 0 bridgehead atoms. The van der Waals surface area contributed by atoms with Gasteiger partial charge in [0.15, 0.2) is 0 Å². The molecule has 0 aromatic heterocycles. The molecular formula is C27H40O4. The van der Waals surface area contributed by atoms with Gasteiger partial charge >= 0.3 is 5.97 Å². The minimum Gasteiger partial charge on any atom is -0.508 e. The van der Waals surface area contributed by atoms with Crippen molar-refractivity contribution in [3.05, 3.63) is 34.4 Å². The Balaban J connectivity index is 2.04. The standard InChI is InChI=1S/C27H40O4/c1-16(2)21-7-9-23-26(5,22(21)8-10-24(29)30)12-11-18(4)27(23,6)15-19-14-20(28)13-17(3)25(19)31/h13-14,18,22-23,28,31H,7-12,15H2,1-6H3,(H,29,30)/t18-,22?,23?,26-,27-/m0/s1. The number of aliphatic carboxylic acids is 1. The number of carboxylic acids is 1. The van der Waals surface area contributed by atoms with E-state index in [0.717, 1.165) is 37.7 Å². The number of aromatic hydroxyl groups is 2. The van der Waals surface area contributed by atoms with Gasteiger partial charge in [-0.3, -0.25) is 4.79 Å². The van der Waals surface area contributed by atoms with E-state index in [9.17, 15) is 20.1 Å². The second kappa shape index (κ2) is 8.52. The zero-order valence-corrected chi connectivity index (χ0v) is 20.1. The summed E-state index contributed by atoms with van der Waals surface area (Å²) >= 11 is 0. The predicted molar refractivity (Wildman–Crippen MR) is 124 cm³/mol. The normalized spacial score (nSPS) is 33.1. The maximum Gasteiger partial charge on any atom is 0.303 e. The molecule has 0 radical (unpaired) electrons. The fraction of sp³-hybridized carbons (Fsp3) is 0.667. The van der Waals surface area contributed by atoms with Crippen molar-refractivity contribution >= 4 is 5.97 Å². The lowest BCUT2D eigenvalue weighted by Gasteiger charge is -2.61. The van der Waals surface area contributed by atoms with E-state index in [1.807, 2.05) is 6.92 Å². The van der Waals surface area contributed by atoms with Crippen LogP contribution in [0.5, 0.6) is 11.5 Å². The predicted octanol–water partition coefficient (Wildman–Crippen LogP) is 6.62. The fourth-order valence-corrected chi connectivity index (χ4v) is 7.12. The van der Waals surface area contributed by atoms with Crippen LogP contribution < -0.4 is 0 Å². The second-order valence-corrected chi connectivity index (χ2v) is 11.0. The molecule has 31 heavy (non-hydrogen) atoms. The van der Waals surface area contributed by atoms with Crippen molar-refractivity contribution in [1.29, 1.82) is 0 Å². The molecule has 0 aliphatic heterocycles. The van der Waals surface area contributed by atoms with Gasteiger partial charge in [-0.1, -0.05) is 31.9 Å². The zero-order valence-electron chi connectivity index (χ0n) is 20.1. The highest BCUT2D eigenvalue weighted by molar-refractivity contribution is 5.66. The van der Waals surface area contributed by atoms with E-state index in [2.05, 4.69) is 34.6 Å². The molecule has 2 aliphatic carbocycles. The zero-order chi connectivity index (χ0) is 23.1. The molecular weight excluding hydrogens is 388 g/mol. The summed E-state index contributed by atoms with van der Waals surface area (Å²) in [6, 6.07) is 3.33. The van der Waals surface area contributed by atoms with Crippen LogP contribution in [-0.4, -0.2) is 21.3 Å². The Morgan fingerprint density at radius 2 is 1.84 bits per heavy atom. The first kappa shape index (κ1) is 23.7. The van der Waals surface area contributed by atoms with E-state index >= 15 is 0 Å². The van der Waals surface area contributed by atoms with Crippen molar-refractivity contribution in [2.75, 3.05) is 0 Å². The molecule has 1 aromatic rings. The van der Waals surface area contributed by atoms with Crippen LogP contribution in [0.1, 0.15) is 84.3 Å². The van der Waals surface area contributed by atoms with Gasteiger partial charge in [0.05, 0.1) is 0 Å². The molecule has 2 aliphatic rings. The third-order valence-electron chi connectivity index (χ3n) is 8.98. The molecule has 0 spiro atoms. The number of phenols is 2. The minimum absolute atomic E-state index is 0.0284. The maximum absolute atomic E-state index is 11.4. The molecule has 2 saturated carbocycles. The Bertz CT molecular complexity index is 881. The lowest BCUT2D eigenvalue weighted by Crippen LogP contribution is -2.54. The van der Waals surface area contributed by atoms with Crippen LogP contribution in [0.25, 0.3) is 0 Å². The Labute approximate surface area is 187 Å². The summed E-state index contributed by atoms with van der Waals surface area (Å²) < 4.78 is 0. The molecule has 1 aromatic carbocycles. The lowest BCUT2D eigenvalue weighted by molar-refractivity contribution is -0.138. The number of aryl methyl sites for hydroxylation is 1. The number of allylic oxidation sites excluding steroid dienone is 2. The maximum atomic E-state index is 11.4. The monoisotopic (exact) mass is 428 g/mol. The number of carbonyl (C=O) groups is 1. The van der Waals surface area contributed by atoms with Crippen molar-refractivity contribution in [2.45, 2.75) is 86.5 Å². The quantitative estimate of drug-likeness (QED) is 0.364. The Morgan fingerprint density at radius 3 is 2.45 bits per heavy atom. The van der Waals surface area contributed by atoms with E-state index in [1.165, 1.54) is 11.1 Å². The smallest absolute Gasteiger partial charge is 0.303 e. The Morgan fingerprint density at radius 1 is 1.16 bits per heavy atom. The summed E-state index contributed by atoms with van der Waals surface area (Å²) in [4.78, 5) is 11.4. The van der Waals surface area contributed by atoms with E-state index in [-0.39, 0.29) is 23.0 Å². The molecule has 4 nitrogen and oxygen atoms in total. The van der Waals surface area contributed by atoms with E-state index in [0.29, 0.717) is 35.5 Å². The summed E-state index contributed by atoms with van der Waals surface area (Å²) in [5.41, 5.74) is 4.36. The summed E-state index contributed by atoms with van der Waals surface area (Å²) in [6.45, 7) is 13.3. The highest BCUT2D eigenvalue weighted by atomic mass is 16.4. The lowest BCUT2D eigenvalue weighted by atomic mass is 9.43. The third kappa shape index (κ3) is 4.23. The van der Waals surface area contributed by atoms with Gasteiger partial charge in [-0.2, -0.15) is 0 Å². The molecule has 5 atom stereocenters. The Kier molecular flexibility index (Phi) is 6.51. The third-order valence-corrected chi connectivity index (χ3v) is 8.98. The summed E-state index contributed by atoms with van der Waals surface area (Å²) in [7, 11) is 0. The van der Waals surface area contributed by atoms with Crippen molar-refractivity contribution in [3.8, 4) is 11.5 Å². The van der Waals surface area contributed by atoms with Crippen LogP contribution in [0.4, 0.5) is 0 Å². The molecule has 3 rings (SSSR count). The molecule has 0 saturated heterocycles. The molecule has 0 amide bonds. The van der Waals surface area contributed by atoms with Crippen molar-refractivity contribution in [3.63, 3.8) is 0 Å². The van der Waals surface area contributed by atoms with Gasteiger partial charge in [-0.15, -0.1) is 0 Å². The number of benzene rings is 1. The van der Waals surface area contributed by atoms with Crippen LogP contribution >= 0.6 is 0 Å². The van der Waals surface area contributed by atoms with E-state index in [1.54, 1.807) is 12.1 Å². The van der Waals surface area contributed by atoms with Crippen LogP contribution in [-0.2, 0) is 11.2 Å². The topological polar surface area (TPSA) is 77.8 Å². The number of hydrogen-bond donors (Lipinski definition) is 3. The molecule has 172 valence electrons. The average Bonchev–Trinajstić information content (AvgIpc) is 2.67. The van der Waals surface area contributed by atoms with Gasteiger partial charge in [0.2, 0.25) is 0 Å². The van der Waals surface area contributed by atoms with Gasteiger partial charge < -0.3 is 15.3 Å². The average molecular weight is 429 g/mol. The number of phenolic OH excluding ortho intramolecular Hbond substituents is 2. The Hall–Kier alpha value is -1.97. The molecule has 2 unspecified atom stereocenters. The number of rotatable bonds is 5. The molecule has 2 fully saturated rings. The van der Waals surface area contributed by atoms with Crippen molar-refractivity contribution in [2.24, 2.45) is 28.6 Å². The number of carboxylic acid groups (broad SMARTS) is 1. The summed E-state index contributed by atoms with van der Waals surface area (Å²) in [5, 5.41) is 30.3. The fourth-order valence-electron chi connectivity index (χ4n) is 7.12. The highest BCUT2D eigenvalue weighted by Crippen LogP contribution is 2.65. The highest BCUT2D eigenvalue weighted by Gasteiger charge is 2.57. The minimum atomic E-state index is -0.717. The summed E-state index contributed by atoms with van der Waals surface area (Å²) in [6.07, 6.45) is 5.97. The second-order valence-electron chi connectivity index (χ2n) is 11.0. The SMILES string of the molecule is CC(C)=C1CCC2[C@@](C)(CC[C@H](C)[C@]2(C)Cc2cc(O)cc(C)c2O)C1CCC(=O)O. The van der Waals surface area contributed by atoms with Crippen LogP contribution in [0.15, 0.2) is 23.3 Å². The van der Waals surface area contributed by atoms with Crippen LogP contribution in [0, 0.1) is 35.5 Å². The first-order valence-electron chi connectivity index (χ1n) is 11.8. The number of fused-ring (bicyclic) bond motifs is 1. The first-order chi connectivity index (χ1) is 14.4. The van der Waals surface area contributed by atoms with Crippen LogP contribution in [0.2, 0.25) is 0 Å².